The molecule has 1 aliphatic carbocycles. The number of hydrogen-bond acceptors (Lipinski definition) is 4. The van der Waals surface area contributed by atoms with Crippen molar-refractivity contribution in [3.05, 3.63) is 14.7 Å². The summed E-state index contributed by atoms with van der Waals surface area (Å²) in [5.74, 6) is 1.02. The summed E-state index contributed by atoms with van der Waals surface area (Å²) in [7, 11) is -3.53. The maximum absolute atomic E-state index is 12.5. The molecule has 7 heteroatoms. The molecule has 1 fully saturated rings. The number of thiophene rings is 1. The van der Waals surface area contributed by atoms with Crippen molar-refractivity contribution in [1.82, 2.24) is 4.72 Å². The van der Waals surface area contributed by atoms with E-state index in [4.69, 9.17) is 5.11 Å². The first kappa shape index (κ1) is 16.4. The fourth-order valence-electron chi connectivity index (χ4n) is 2.76. The predicted octanol–water partition coefficient (Wildman–Crippen LogP) is 3.11. The van der Waals surface area contributed by atoms with Crippen LogP contribution in [0, 0.1) is 11.8 Å². The zero-order chi connectivity index (χ0) is 14.9. The molecule has 0 aromatic carbocycles. The number of aliphatic hydroxyl groups excluding tert-OH is 1. The van der Waals surface area contributed by atoms with E-state index in [-0.39, 0.29) is 17.5 Å². The third kappa shape index (κ3) is 3.62. The lowest BCUT2D eigenvalue weighted by molar-refractivity contribution is 0.249. The summed E-state index contributed by atoms with van der Waals surface area (Å²) < 4.78 is 28.3. The number of halogens is 1. The van der Waals surface area contributed by atoms with Crippen LogP contribution in [-0.2, 0) is 16.6 Å². The molecule has 0 bridgehead atoms. The minimum atomic E-state index is -3.53. The van der Waals surface area contributed by atoms with Gasteiger partial charge in [-0.2, -0.15) is 0 Å². The molecular formula is C13H20BrNO3S2. The first-order valence-electron chi connectivity index (χ1n) is 6.75. The van der Waals surface area contributed by atoms with Gasteiger partial charge in [-0.1, -0.05) is 13.8 Å². The molecule has 0 saturated heterocycles. The van der Waals surface area contributed by atoms with Gasteiger partial charge in [0.05, 0.1) is 10.4 Å². The Labute approximate surface area is 132 Å². The van der Waals surface area contributed by atoms with E-state index in [1.807, 2.05) is 0 Å². The largest absolute Gasteiger partial charge is 0.391 e. The summed E-state index contributed by atoms with van der Waals surface area (Å²) in [5.41, 5.74) is 0. The maximum Gasteiger partial charge on any atom is 0.242 e. The first-order chi connectivity index (χ1) is 9.33. The van der Waals surface area contributed by atoms with Gasteiger partial charge >= 0.3 is 0 Å². The Balaban J connectivity index is 2.16. The molecule has 3 atom stereocenters. The molecule has 0 aliphatic heterocycles. The Bertz CT molecular complexity index is 570. The zero-order valence-electron chi connectivity index (χ0n) is 11.6. The van der Waals surface area contributed by atoms with Crippen LogP contribution in [0.25, 0.3) is 0 Å². The van der Waals surface area contributed by atoms with Gasteiger partial charge in [0.25, 0.3) is 0 Å². The molecule has 2 N–H and O–H groups in total. The van der Waals surface area contributed by atoms with Gasteiger partial charge in [-0.3, -0.25) is 0 Å². The van der Waals surface area contributed by atoms with Crippen LogP contribution in [0.5, 0.6) is 0 Å². The minimum absolute atomic E-state index is 0.000534. The first-order valence-corrected chi connectivity index (χ1v) is 9.84. The molecule has 1 aromatic heterocycles. The average Bonchev–Trinajstić information content (AvgIpc) is 2.75. The van der Waals surface area contributed by atoms with Crippen molar-refractivity contribution >= 4 is 37.3 Å². The molecular weight excluding hydrogens is 362 g/mol. The fraction of sp³-hybridized carbons (Fsp3) is 0.692. The van der Waals surface area contributed by atoms with Crippen LogP contribution in [-0.4, -0.2) is 19.6 Å². The second kappa shape index (κ2) is 6.44. The highest BCUT2D eigenvalue weighted by Gasteiger charge is 2.30. The van der Waals surface area contributed by atoms with Crippen molar-refractivity contribution < 1.29 is 13.5 Å². The smallest absolute Gasteiger partial charge is 0.242 e. The van der Waals surface area contributed by atoms with E-state index in [1.54, 1.807) is 0 Å². The SMILES string of the molecule is CC1CCC(NS(=O)(=O)c2cc(CO)sc2Br)C(C)C1. The summed E-state index contributed by atoms with van der Waals surface area (Å²) in [6.45, 7) is 4.17. The molecule has 0 spiro atoms. The monoisotopic (exact) mass is 381 g/mol. The molecule has 1 heterocycles. The summed E-state index contributed by atoms with van der Waals surface area (Å²) in [6, 6.07) is 1.54. The van der Waals surface area contributed by atoms with E-state index >= 15 is 0 Å². The molecule has 20 heavy (non-hydrogen) atoms. The van der Waals surface area contributed by atoms with Crippen LogP contribution < -0.4 is 4.72 Å². The molecule has 1 aromatic rings. The van der Waals surface area contributed by atoms with Crippen molar-refractivity contribution in [3.8, 4) is 0 Å². The lowest BCUT2D eigenvalue weighted by Crippen LogP contribution is -2.42. The molecule has 1 saturated carbocycles. The van der Waals surface area contributed by atoms with E-state index in [0.717, 1.165) is 19.3 Å². The van der Waals surface area contributed by atoms with Crippen molar-refractivity contribution in [1.29, 1.82) is 0 Å². The maximum atomic E-state index is 12.5. The standard InChI is InChI=1S/C13H20BrNO3S2/c1-8-3-4-11(9(2)5-8)15-20(17,18)12-6-10(7-16)19-13(12)14/h6,8-9,11,15-16H,3-5,7H2,1-2H3. The van der Waals surface area contributed by atoms with Gasteiger partial charge in [-0.25, -0.2) is 13.1 Å². The van der Waals surface area contributed by atoms with Gasteiger partial charge in [0.15, 0.2) is 0 Å². The zero-order valence-corrected chi connectivity index (χ0v) is 14.8. The Kier molecular flexibility index (Phi) is 5.29. The summed E-state index contributed by atoms with van der Waals surface area (Å²) in [4.78, 5) is 0.875. The molecule has 0 amide bonds. The van der Waals surface area contributed by atoms with Gasteiger partial charge in [0.1, 0.15) is 4.90 Å². The molecule has 2 rings (SSSR count). The number of sulfonamides is 1. The third-order valence-corrected chi connectivity index (χ3v) is 7.62. The number of aliphatic hydroxyl groups is 1. The summed E-state index contributed by atoms with van der Waals surface area (Å²) >= 11 is 4.52. The molecule has 4 nitrogen and oxygen atoms in total. The molecule has 0 radical (unpaired) electrons. The lowest BCUT2D eigenvalue weighted by Gasteiger charge is -2.32. The Morgan fingerprint density at radius 1 is 1.45 bits per heavy atom. The van der Waals surface area contributed by atoms with Gasteiger partial charge < -0.3 is 5.11 Å². The van der Waals surface area contributed by atoms with Gasteiger partial charge in [-0.05, 0) is 53.1 Å². The van der Waals surface area contributed by atoms with Gasteiger partial charge in [0.2, 0.25) is 10.0 Å². The predicted molar refractivity (Wildman–Crippen MR) is 84.2 cm³/mol. The third-order valence-electron chi connectivity index (χ3n) is 3.89. The highest BCUT2D eigenvalue weighted by molar-refractivity contribution is 9.11. The molecule has 114 valence electrons. The number of nitrogens with one attached hydrogen (secondary N) is 1. The van der Waals surface area contributed by atoms with Gasteiger partial charge in [-0.15, -0.1) is 11.3 Å². The molecule has 3 unspecified atom stereocenters. The van der Waals surface area contributed by atoms with Crippen LogP contribution >= 0.6 is 27.3 Å². The van der Waals surface area contributed by atoms with E-state index in [1.165, 1.54) is 17.4 Å². The van der Waals surface area contributed by atoms with Crippen LogP contribution in [0.3, 0.4) is 0 Å². The quantitative estimate of drug-likeness (QED) is 0.841. The van der Waals surface area contributed by atoms with Crippen molar-refractivity contribution in [3.63, 3.8) is 0 Å². The minimum Gasteiger partial charge on any atom is -0.391 e. The van der Waals surface area contributed by atoms with Crippen LogP contribution in [0.2, 0.25) is 0 Å². The number of hydrogen-bond donors (Lipinski definition) is 2. The fourth-order valence-corrected chi connectivity index (χ4v) is 6.68. The van der Waals surface area contributed by atoms with Crippen molar-refractivity contribution in [2.24, 2.45) is 11.8 Å². The van der Waals surface area contributed by atoms with Crippen LogP contribution in [0.1, 0.15) is 38.0 Å². The highest BCUT2D eigenvalue weighted by atomic mass is 79.9. The van der Waals surface area contributed by atoms with E-state index in [9.17, 15) is 8.42 Å². The van der Waals surface area contributed by atoms with E-state index in [0.29, 0.717) is 20.5 Å². The second-order valence-electron chi connectivity index (χ2n) is 5.63. The summed E-state index contributed by atoms with van der Waals surface area (Å²) in [5, 5.41) is 9.11. The lowest BCUT2D eigenvalue weighted by atomic mass is 9.80. The Hall–Kier alpha value is 0.0500. The highest BCUT2D eigenvalue weighted by Crippen LogP contribution is 2.34. The van der Waals surface area contributed by atoms with E-state index in [2.05, 4.69) is 34.5 Å². The van der Waals surface area contributed by atoms with E-state index < -0.39 is 10.0 Å². The Morgan fingerprint density at radius 2 is 2.15 bits per heavy atom. The average molecular weight is 382 g/mol. The normalized spacial score (nSPS) is 27.7. The van der Waals surface area contributed by atoms with Crippen LogP contribution in [0.4, 0.5) is 0 Å². The van der Waals surface area contributed by atoms with Gasteiger partial charge in [0, 0.05) is 10.9 Å². The van der Waals surface area contributed by atoms with Crippen molar-refractivity contribution in [2.75, 3.05) is 0 Å². The Morgan fingerprint density at radius 3 is 2.70 bits per heavy atom. The van der Waals surface area contributed by atoms with Crippen molar-refractivity contribution in [2.45, 2.75) is 50.7 Å². The summed E-state index contributed by atoms with van der Waals surface area (Å²) in [6.07, 6.45) is 3.00. The number of rotatable bonds is 4. The topological polar surface area (TPSA) is 66.4 Å². The second-order valence-corrected chi connectivity index (χ2v) is 9.77. The van der Waals surface area contributed by atoms with Crippen LogP contribution in [0.15, 0.2) is 14.7 Å². The molecule has 1 aliphatic rings.